The molecule has 7 nitrogen and oxygen atoms in total. The fourth-order valence-corrected chi connectivity index (χ4v) is 4.55. The van der Waals surface area contributed by atoms with Crippen LogP contribution in [0.4, 0.5) is 5.69 Å². The molecule has 8 heteroatoms. The van der Waals surface area contributed by atoms with Gasteiger partial charge in [0.15, 0.2) is 0 Å². The van der Waals surface area contributed by atoms with Crippen molar-refractivity contribution in [1.82, 2.24) is 4.31 Å². The predicted molar refractivity (Wildman–Crippen MR) is 102 cm³/mol. The van der Waals surface area contributed by atoms with Crippen LogP contribution in [-0.4, -0.2) is 37.6 Å². The molecule has 0 spiro atoms. The van der Waals surface area contributed by atoms with Gasteiger partial charge in [0.05, 0.1) is 4.90 Å². The van der Waals surface area contributed by atoms with Gasteiger partial charge < -0.3 is 11.1 Å². The summed E-state index contributed by atoms with van der Waals surface area (Å²) >= 11 is 0. The molecule has 0 saturated carbocycles. The second-order valence-corrected chi connectivity index (χ2v) is 8.36. The number of piperidine rings is 1. The number of hydrogen-bond donors (Lipinski definition) is 2. The Kier molecular flexibility index (Phi) is 5.57. The lowest BCUT2D eigenvalue weighted by Crippen LogP contribution is -2.41. The van der Waals surface area contributed by atoms with Gasteiger partial charge in [-0.3, -0.25) is 9.59 Å². The van der Waals surface area contributed by atoms with Crippen LogP contribution >= 0.6 is 0 Å². The first-order valence-corrected chi connectivity index (χ1v) is 10.1. The predicted octanol–water partition coefficient (Wildman–Crippen LogP) is 1.82. The van der Waals surface area contributed by atoms with Crippen molar-refractivity contribution in [2.45, 2.75) is 17.7 Å². The van der Waals surface area contributed by atoms with Crippen LogP contribution in [-0.2, 0) is 14.8 Å². The Morgan fingerprint density at radius 2 is 1.56 bits per heavy atom. The van der Waals surface area contributed by atoms with Gasteiger partial charge in [0.1, 0.15) is 0 Å². The standard InChI is InChI=1S/C19H21N3O4S/c20-18(23)14-6-8-16(9-7-14)21-19(24)15-10-12-22(13-11-15)27(25,26)17-4-2-1-3-5-17/h1-9,15H,10-13H2,(H2,20,23)(H,21,24). The summed E-state index contributed by atoms with van der Waals surface area (Å²) in [5.41, 5.74) is 6.13. The normalized spacial score (nSPS) is 16.0. The van der Waals surface area contributed by atoms with Gasteiger partial charge in [0, 0.05) is 30.3 Å². The van der Waals surface area contributed by atoms with Gasteiger partial charge in [0.2, 0.25) is 21.8 Å². The minimum Gasteiger partial charge on any atom is -0.366 e. The molecule has 0 atom stereocenters. The molecule has 142 valence electrons. The van der Waals surface area contributed by atoms with Crippen LogP contribution < -0.4 is 11.1 Å². The molecule has 3 N–H and O–H groups in total. The zero-order valence-electron chi connectivity index (χ0n) is 14.7. The van der Waals surface area contributed by atoms with E-state index in [0.717, 1.165) is 0 Å². The van der Waals surface area contributed by atoms with Gasteiger partial charge in [-0.05, 0) is 49.2 Å². The number of rotatable bonds is 5. The molecule has 2 amide bonds. The molecular formula is C19H21N3O4S. The molecule has 1 fully saturated rings. The average molecular weight is 387 g/mol. The van der Waals surface area contributed by atoms with Crippen molar-refractivity contribution in [3.05, 3.63) is 60.2 Å². The highest BCUT2D eigenvalue weighted by Crippen LogP contribution is 2.24. The number of sulfonamides is 1. The third-order valence-corrected chi connectivity index (χ3v) is 6.56. The van der Waals surface area contributed by atoms with Crippen LogP contribution in [0.2, 0.25) is 0 Å². The molecule has 0 bridgehead atoms. The maximum Gasteiger partial charge on any atom is 0.248 e. The molecule has 1 saturated heterocycles. The molecule has 1 aliphatic heterocycles. The molecular weight excluding hydrogens is 366 g/mol. The van der Waals surface area contributed by atoms with E-state index in [1.807, 2.05) is 0 Å². The monoisotopic (exact) mass is 387 g/mol. The smallest absolute Gasteiger partial charge is 0.248 e. The maximum atomic E-state index is 12.6. The van der Waals surface area contributed by atoms with E-state index in [2.05, 4.69) is 5.32 Å². The number of primary amides is 1. The number of nitrogens with zero attached hydrogens (tertiary/aromatic N) is 1. The average Bonchev–Trinajstić information content (AvgIpc) is 2.69. The van der Waals surface area contributed by atoms with Gasteiger partial charge in [-0.25, -0.2) is 8.42 Å². The molecule has 0 aromatic heterocycles. The molecule has 2 aromatic rings. The second-order valence-electron chi connectivity index (χ2n) is 6.42. The molecule has 27 heavy (non-hydrogen) atoms. The quantitative estimate of drug-likeness (QED) is 0.815. The van der Waals surface area contributed by atoms with Crippen LogP contribution in [0.15, 0.2) is 59.5 Å². The summed E-state index contributed by atoms with van der Waals surface area (Å²) < 4.78 is 26.7. The van der Waals surface area contributed by atoms with E-state index in [0.29, 0.717) is 37.2 Å². The number of hydrogen-bond acceptors (Lipinski definition) is 4. The van der Waals surface area contributed by atoms with Gasteiger partial charge in [0.25, 0.3) is 0 Å². The summed E-state index contributed by atoms with van der Waals surface area (Å²) in [5.74, 6) is -0.943. The molecule has 1 aliphatic rings. The highest BCUT2D eigenvalue weighted by molar-refractivity contribution is 7.89. The van der Waals surface area contributed by atoms with Crippen molar-refractivity contribution in [2.24, 2.45) is 11.7 Å². The van der Waals surface area contributed by atoms with E-state index in [9.17, 15) is 18.0 Å². The fraction of sp³-hybridized carbons (Fsp3) is 0.263. The molecule has 0 radical (unpaired) electrons. The SMILES string of the molecule is NC(=O)c1ccc(NC(=O)C2CCN(S(=O)(=O)c3ccccc3)CC2)cc1. The van der Waals surface area contributed by atoms with E-state index in [1.165, 1.54) is 4.31 Å². The Labute approximate surface area is 158 Å². The molecule has 0 unspecified atom stereocenters. The summed E-state index contributed by atoms with van der Waals surface area (Å²) in [6.07, 6.45) is 0.911. The fourth-order valence-electron chi connectivity index (χ4n) is 3.06. The third-order valence-electron chi connectivity index (χ3n) is 4.64. The molecule has 1 heterocycles. The zero-order valence-corrected chi connectivity index (χ0v) is 15.5. The summed E-state index contributed by atoms with van der Waals surface area (Å²) in [6.45, 7) is 0.603. The van der Waals surface area contributed by atoms with Crippen LogP contribution in [0, 0.1) is 5.92 Å². The third kappa shape index (κ3) is 4.35. The number of nitrogens with one attached hydrogen (secondary N) is 1. The minimum absolute atomic E-state index is 0.154. The highest BCUT2D eigenvalue weighted by atomic mass is 32.2. The Hall–Kier alpha value is -2.71. The van der Waals surface area contributed by atoms with E-state index >= 15 is 0 Å². The van der Waals surface area contributed by atoms with Crippen molar-refractivity contribution in [3.63, 3.8) is 0 Å². The maximum absolute atomic E-state index is 12.6. The lowest BCUT2D eigenvalue weighted by Gasteiger charge is -2.30. The highest BCUT2D eigenvalue weighted by Gasteiger charge is 2.32. The van der Waals surface area contributed by atoms with Crippen LogP contribution in [0.1, 0.15) is 23.2 Å². The van der Waals surface area contributed by atoms with E-state index in [1.54, 1.807) is 54.6 Å². The summed E-state index contributed by atoms with van der Waals surface area (Å²) in [6, 6.07) is 14.6. The molecule has 0 aliphatic carbocycles. The van der Waals surface area contributed by atoms with Gasteiger partial charge in [-0.15, -0.1) is 0 Å². The second kappa shape index (κ2) is 7.89. The Morgan fingerprint density at radius 3 is 2.11 bits per heavy atom. The Morgan fingerprint density at radius 1 is 0.963 bits per heavy atom. The molecule has 2 aromatic carbocycles. The number of carbonyl (C=O) groups is 2. The first kappa shape index (κ1) is 19.1. The topological polar surface area (TPSA) is 110 Å². The van der Waals surface area contributed by atoms with E-state index in [-0.39, 0.29) is 16.7 Å². The van der Waals surface area contributed by atoms with Crippen LogP contribution in [0.25, 0.3) is 0 Å². The lowest BCUT2D eigenvalue weighted by atomic mass is 9.97. The van der Waals surface area contributed by atoms with Gasteiger partial charge in [-0.1, -0.05) is 18.2 Å². The Balaban J connectivity index is 1.58. The van der Waals surface area contributed by atoms with Crippen molar-refractivity contribution >= 4 is 27.5 Å². The Bertz CT molecular complexity index is 919. The van der Waals surface area contributed by atoms with Gasteiger partial charge in [-0.2, -0.15) is 4.31 Å². The summed E-state index contributed by atoms with van der Waals surface area (Å²) in [4.78, 5) is 23.8. The van der Waals surface area contributed by atoms with E-state index < -0.39 is 15.9 Å². The van der Waals surface area contributed by atoms with Crippen molar-refractivity contribution in [3.8, 4) is 0 Å². The zero-order chi connectivity index (χ0) is 19.4. The lowest BCUT2D eigenvalue weighted by molar-refractivity contribution is -0.120. The largest absolute Gasteiger partial charge is 0.366 e. The summed E-state index contributed by atoms with van der Waals surface area (Å²) in [5, 5.41) is 2.80. The van der Waals surface area contributed by atoms with E-state index in [4.69, 9.17) is 5.73 Å². The summed E-state index contributed by atoms with van der Waals surface area (Å²) in [7, 11) is -3.53. The number of benzene rings is 2. The first-order chi connectivity index (χ1) is 12.9. The van der Waals surface area contributed by atoms with Crippen molar-refractivity contribution < 1.29 is 18.0 Å². The number of nitrogens with two attached hydrogens (primary N) is 1. The number of amides is 2. The van der Waals surface area contributed by atoms with Gasteiger partial charge >= 0.3 is 0 Å². The van der Waals surface area contributed by atoms with Crippen molar-refractivity contribution in [1.29, 1.82) is 0 Å². The van der Waals surface area contributed by atoms with Crippen molar-refractivity contribution in [2.75, 3.05) is 18.4 Å². The van der Waals surface area contributed by atoms with Crippen LogP contribution in [0.3, 0.4) is 0 Å². The minimum atomic E-state index is -3.53. The van der Waals surface area contributed by atoms with Crippen LogP contribution in [0.5, 0.6) is 0 Å². The number of carbonyl (C=O) groups excluding carboxylic acids is 2. The number of anilines is 1. The molecule has 3 rings (SSSR count). The first-order valence-electron chi connectivity index (χ1n) is 8.64.